The van der Waals surface area contributed by atoms with Crippen molar-refractivity contribution in [3.8, 4) is 5.75 Å². The molecular weight excluding hydrogens is 544 g/mol. The molecule has 29 heavy (non-hydrogen) atoms. The van der Waals surface area contributed by atoms with Crippen LogP contribution < -0.4 is 20.5 Å². The van der Waals surface area contributed by atoms with E-state index >= 15 is 0 Å². The lowest BCUT2D eigenvalue weighted by Crippen LogP contribution is -2.36. The lowest BCUT2D eigenvalue weighted by atomic mass is 10.2. The van der Waals surface area contributed by atoms with Crippen molar-refractivity contribution in [2.75, 3.05) is 6.54 Å². The summed E-state index contributed by atoms with van der Waals surface area (Å²) < 4.78 is 64.2. The van der Waals surface area contributed by atoms with E-state index in [1.54, 1.807) is 12.1 Å². The van der Waals surface area contributed by atoms with Gasteiger partial charge in [0.05, 0.1) is 13.1 Å². The maximum Gasteiger partial charge on any atom is 0.573 e. The zero-order valence-corrected chi connectivity index (χ0v) is 19.2. The van der Waals surface area contributed by atoms with Crippen molar-refractivity contribution in [1.82, 2.24) is 10.6 Å². The van der Waals surface area contributed by atoms with Gasteiger partial charge >= 0.3 is 6.36 Å². The van der Waals surface area contributed by atoms with Crippen LogP contribution in [-0.4, -0.2) is 27.3 Å². The number of hydrogen-bond donors (Lipinski definition) is 3. The molecule has 0 amide bonds. The molecule has 0 aliphatic carbocycles. The van der Waals surface area contributed by atoms with E-state index in [1.165, 1.54) is 24.3 Å². The number of nitrogens with zero attached hydrogens (tertiary/aromatic N) is 1. The Labute approximate surface area is 187 Å². The second-order valence-corrected chi connectivity index (χ2v) is 8.43. The topological polar surface area (TPSA) is 106 Å². The second kappa shape index (κ2) is 11.0. The van der Waals surface area contributed by atoms with Crippen LogP contribution in [0.15, 0.2) is 45.6 Å². The summed E-state index contributed by atoms with van der Waals surface area (Å²) in [5.74, 6) is 0.0421. The summed E-state index contributed by atoms with van der Waals surface area (Å²) in [6.45, 7) is 2.59. The Bertz CT molecular complexity index is 933. The smallest absolute Gasteiger partial charge is 0.405 e. The largest absolute Gasteiger partial charge is 0.573 e. The van der Waals surface area contributed by atoms with Crippen molar-refractivity contribution in [2.24, 2.45) is 10.1 Å². The molecule has 1 heterocycles. The molecule has 2 aromatic rings. The first kappa shape index (κ1) is 25.5. The molecule has 162 valence electrons. The van der Waals surface area contributed by atoms with Crippen LogP contribution in [0.5, 0.6) is 5.75 Å². The van der Waals surface area contributed by atoms with Gasteiger partial charge in [-0.05, 0) is 25.1 Å². The van der Waals surface area contributed by atoms with Gasteiger partial charge in [-0.1, -0.05) is 18.2 Å². The Morgan fingerprint density at radius 2 is 1.90 bits per heavy atom. The molecule has 0 aliphatic heterocycles. The monoisotopic (exact) mass is 564 g/mol. The van der Waals surface area contributed by atoms with E-state index in [1.807, 2.05) is 6.92 Å². The normalized spacial score (nSPS) is 12.2. The molecule has 0 saturated heterocycles. The van der Waals surface area contributed by atoms with Gasteiger partial charge in [-0.2, -0.15) is 0 Å². The third-order valence-electron chi connectivity index (χ3n) is 3.30. The van der Waals surface area contributed by atoms with Gasteiger partial charge in [-0.25, -0.2) is 18.5 Å². The first-order valence-corrected chi connectivity index (χ1v) is 10.4. The van der Waals surface area contributed by atoms with Crippen LogP contribution >= 0.6 is 35.3 Å². The minimum Gasteiger partial charge on any atom is -0.405 e. The first-order valence-electron chi connectivity index (χ1n) is 8.06. The van der Waals surface area contributed by atoms with E-state index in [2.05, 4.69) is 20.4 Å². The zero-order chi connectivity index (χ0) is 20.8. The average Bonchev–Trinajstić information content (AvgIpc) is 3.06. The first-order chi connectivity index (χ1) is 13.1. The van der Waals surface area contributed by atoms with E-state index in [-0.39, 0.29) is 52.6 Å². The number of rotatable bonds is 7. The van der Waals surface area contributed by atoms with E-state index in [0.717, 1.165) is 11.3 Å². The number of ether oxygens (including phenoxy) is 1. The Hall–Kier alpha value is -1.58. The molecule has 0 bridgehead atoms. The summed E-state index contributed by atoms with van der Waals surface area (Å²) in [5, 5.41) is 11.0. The number of alkyl halides is 3. The number of nitrogens with one attached hydrogen (secondary N) is 2. The Kier molecular flexibility index (Phi) is 9.64. The van der Waals surface area contributed by atoms with Gasteiger partial charge in [0.1, 0.15) is 9.96 Å². The molecule has 1 aromatic heterocycles. The number of para-hydroxylation sites is 1. The molecule has 0 saturated carbocycles. The van der Waals surface area contributed by atoms with Crippen molar-refractivity contribution >= 4 is 51.3 Å². The number of hydrogen-bond acceptors (Lipinski definition) is 5. The Morgan fingerprint density at radius 1 is 1.21 bits per heavy atom. The molecule has 7 nitrogen and oxygen atoms in total. The van der Waals surface area contributed by atoms with Crippen LogP contribution in [0.1, 0.15) is 17.4 Å². The van der Waals surface area contributed by atoms with Gasteiger partial charge in [0.15, 0.2) is 5.96 Å². The number of nitrogens with two attached hydrogens (primary N) is 1. The minimum absolute atomic E-state index is 0. The van der Waals surface area contributed by atoms with Crippen molar-refractivity contribution in [3.05, 3.63) is 46.8 Å². The second-order valence-electron chi connectivity index (χ2n) is 5.47. The Balaban J connectivity index is 0.00000420. The highest BCUT2D eigenvalue weighted by Gasteiger charge is 2.31. The summed E-state index contributed by atoms with van der Waals surface area (Å²) in [7, 11) is -3.76. The SMILES string of the molecule is CCNC(=NCc1ccccc1OC(F)(F)F)NCc1ccc(S(N)(=O)=O)s1.I. The number of aliphatic imine (C=N–C) groups is 1. The van der Waals surface area contributed by atoms with Crippen molar-refractivity contribution in [3.63, 3.8) is 0 Å². The van der Waals surface area contributed by atoms with Crippen molar-refractivity contribution in [1.29, 1.82) is 0 Å². The highest BCUT2D eigenvalue weighted by atomic mass is 127. The predicted octanol–water partition coefficient (Wildman–Crippen LogP) is 3.17. The van der Waals surface area contributed by atoms with Crippen LogP contribution in [0.25, 0.3) is 0 Å². The zero-order valence-electron chi connectivity index (χ0n) is 15.2. The number of primary sulfonamides is 1. The number of guanidine groups is 1. The molecule has 0 spiro atoms. The van der Waals surface area contributed by atoms with Crippen LogP contribution in [-0.2, 0) is 23.1 Å². The van der Waals surface area contributed by atoms with E-state index in [0.29, 0.717) is 17.4 Å². The summed E-state index contributed by atoms with van der Waals surface area (Å²) in [6, 6.07) is 8.77. The van der Waals surface area contributed by atoms with Gasteiger partial charge < -0.3 is 15.4 Å². The van der Waals surface area contributed by atoms with Crippen molar-refractivity contribution < 1.29 is 26.3 Å². The summed E-state index contributed by atoms with van der Waals surface area (Å²) >= 11 is 1.02. The van der Waals surface area contributed by atoms with E-state index < -0.39 is 16.4 Å². The summed E-state index contributed by atoms with van der Waals surface area (Å²) in [4.78, 5) is 4.96. The fraction of sp³-hybridized carbons (Fsp3) is 0.312. The molecule has 0 fully saturated rings. The maximum atomic E-state index is 12.5. The fourth-order valence-electron chi connectivity index (χ4n) is 2.14. The number of halogens is 4. The lowest BCUT2D eigenvalue weighted by Gasteiger charge is -2.13. The van der Waals surface area contributed by atoms with E-state index in [9.17, 15) is 21.6 Å². The molecule has 0 unspecified atom stereocenters. The molecule has 2 rings (SSSR count). The average molecular weight is 564 g/mol. The van der Waals surface area contributed by atoms with Crippen molar-refractivity contribution in [2.45, 2.75) is 30.6 Å². The summed E-state index contributed by atoms with van der Waals surface area (Å²) in [6.07, 6.45) is -4.79. The molecule has 4 N–H and O–H groups in total. The molecule has 0 aliphatic rings. The van der Waals surface area contributed by atoms with Gasteiger partial charge in [0, 0.05) is 17.0 Å². The Morgan fingerprint density at radius 3 is 2.48 bits per heavy atom. The molecule has 1 aromatic carbocycles. The molecule has 0 atom stereocenters. The third kappa shape index (κ3) is 8.76. The minimum atomic E-state index is -4.79. The predicted molar refractivity (Wildman–Crippen MR) is 116 cm³/mol. The number of benzene rings is 1. The van der Waals surface area contributed by atoms with Gasteiger partial charge in [0.25, 0.3) is 0 Å². The van der Waals surface area contributed by atoms with Crippen LogP contribution in [0.3, 0.4) is 0 Å². The number of sulfonamides is 1. The van der Waals surface area contributed by atoms with E-state index in [4.69, 9.17) is 5.14 Å². The highest BCUT2D eigenvalue weighted by molar-refractivity contribution is 14.0. The van der Waals surface area contributed by atoms with Gasteiger partial charge in [-0.15, -0.1) is 48.5 Å². The maximum absolute atomic E-state index is 12.5. The van der Waals surface area contributed by atoms with Crippen LogP contribution in [0.4, 0.5) is 13.2 Å². The fourth-order valence-corrected chi connectivity index (χ4v) is 3.86. The van der Waals surface area contributed by atoms with Crippen LogP contribution in [0.2, 0.25) is 0 Å². The van der Waals surface area contributed by atoms with Gasteiger partial charge in [-0.3, -0.25) is 0 Å². The third-order valence-corrected chi connectivity index (χ3v) is 5.82. The molecule has 0 radical (unpaired) electrons. The standard InChI is InChI=1S/C16H19F3N4O3S2.HI/c1-2-21-15(23-10-12-7-8-14(27-12)28(20,24)25)22-9-11-5-3-4-6-13(11)26-16(17,18)19;/h3-8H,2,9-10H2,1H3,(H2,20,24,25)(H2,21,22,23);1H. The molecule has 13 heteroatoms. The lowest BCUT2D eigenvalue weighted by molar-refractivity contribution is -0.274. The quantitative estimate of drug-likeness (QED) is 0.272. The summed E-state index contributed by atoms with van der Waals surface area (Å²) in [5.41, 5.74) is 0.268. The highest BCUT2D eigenvalue weighted by Crippen LogP contribution is 2.26. The van der Waals surface area contributed by atoms with Gasteiger partial charge in [0.2, 0.25) is 10.0 Å². The van der Waals surface area contributed by atoms with Crippen LogP contribution in [0, 0.1) is 0 Å². The molecular formula is C16H20F3IN4O3S2. The number of thiophene rings is 1.